The van der Waals surface area contributed by atoms with Crippen LogP contribution in [0.4, 0.5) is 0 Å². The number of nitrogens with one attached hydrogen (secondary N) is 1. The molecule has 2 aromatic heterocycles. The first-order chi connectivity index (χ1) is 7.65. The largest absolute Gasteiger partial charge is 0.351 e. The molecular formula is C10H4BrCl2N3. The molecule has 80 valence electrons. The van der Waals surface area contributed by atoms with Crippen LogP contribution in [0.15, 0.2) is 22.7 Å². The van der Waals surface area contributed by atoms with Crippen LogP contribution in [0.2, 0.25) is 10.4 Å². The summed E-state index contributed by atoms with van der Waals surface area (Å²) in [4.78, 5) is 11.2. The number of hydrogen-bond donors (Lipinski definition) is 1. The van der Waals surface area contributed by atoms with Gasteiger partial charge in [0.25, 0.3) is 0 Å². The first-order valence-corrected chi connectivity index (χ1v) is 6.00. The van der Waals surface area contributed by atoms with Crippen molar-refractivity contribution in [3.8, 4) is 0 Å². The van der Waals surface area contributed by atoms with Crippen LogP contribution < -0.4 is 0 Å². The Hall–Kier alpha value is -0.840. The van der Waals surface area contributed by atoms with Gasteiger partial charge in [0.1, 0.15) is 11.0 Å². The predicted molar refractivity (Wildman–Crippen MR) is 69.1 cm³/mol. The summed E-state index contributed by atoms with van der Waals surface area (Å²) < 4.78 is 0.978. The van der Waals surface area contributed by atoms with Gasteiger partial charge in [-0.05, 0) is 29.8 Å². The monoisotopic (exact) mass is 315 g/mol. The van der Waals surface area contributed by atoms with Gasteiger partial charge in [0, 0.05) is 15.4 Å². The zero-order chi connectivity index (χ0) is 11.3. The van der Waals surface area contributed by atoms with Gasteiger partial charge in [0.2, 0.25) is 5.28 Å². The van der Waals surface area contributed by atoms with E-state index in [-0.39, 0.29) is 5.28 Å². The summed E-state index contributed by atoms with van der Waals surface area (Å²) in [5.41, 5.74) is 2.40. The van der Waals surface area contributed by atoms with Gasteiger partial charge in [-0.3, -0.25) is 0 Å². The van der Waals surface area contributed by atoms with Crippen molar-refractivity contribution in [2.45, 2.75) is 0 Å². The molecule has 0 bridgehead atoms. The summed E-state index contributed by atoms with van der Waals surface area (Å²) in [6, 6.07) is 5.86. The Bertz CT molecular complexity index is 708. The van der Waals surface area contributed by atoms with Crippen molar-refractivity contribution < 1.29 is 0 Å². The van der Waals surface area contributed by atoms with Crippen molar-refractivity contribution in [3.05, 3.63) is 33.1 Å². The van der Waals surface area contributed by atoms with Gasteiger partial charge in [0.15, 0.2) is 5.15 Å². The molecule has 2 heterocycles. The molecule has 0 atom stereocenters. The predicted octanol–water partition coefficient (Wildman–Crippen LogP) is 4.18. The average molecular weight is 317 g/mol. The van der Waals surface area contributed by atoms with Crippen molar-refractivity contribution in [2.24, 2.45) is 0 Å². The van der Waals surface area contributed by atoms with Crippen molar-refractivity contribution >= 4 is 61.1 Å². The van der Waals surface area contributed by atoms with Gasteiger partial charge < -0.3 is 4.98 Å². The van der Waals surface area contributed by atoms with Crippen LogP contribution in [0.5, 0.6) is 0 Å². The number of aromatic nitrogens is 3. The van der Waals surface area contributed by atoms with Crippen molar-refractivity contribution in [1.29, 1.82) is 0 Å². The standard InChI is InChI=1S/C10H4BrCl2N3/c11-4-1-2-6-5(3-4)7-8(14-6)9(12)16-10(13)15-7/h1-3,14H. The van der Waals surface area contributed by atoms with Crippen molar-refractivity contribution in [3.63, 3.8) is 0 Å². The summed E-state index contributed by atoms with van der Waals surface area (Å²) in [6.45, 7) is 0. The SMILES string of the molecule is Clc1nc(Cl)c2[nH]c3ccc(Br)cc3c2n1. The Labute approximate surface area is 109 Å². The highest BCUT2D eigenvalue weighted by molar-refractivity contribution is 9.10. The van der Waals surface area contributed by atoms with Gasteiger partial charge in [-0.2, -0.15) is 0 Å². The number of rotatable bonds is 0. The average Bonchev–Trinajstić information content (AvgIpc) is 2.57. The Balaban J connectivity index is 2.57. The fourth-order valence-corrected chi connectivity index (χ4v) is 2.46. The number of benzene rings is 1. The zero-order valence-corrected chi connectivity index (χ0v) is 10.9. The number of halogens is 3. The number of nitrogens with zero attached hydrogens (tertiary/aromatic N) is 2. The number of aromatic amines is 1. The van der Waals surface area contributed by atoms with Crippen LogP contribution in [0, 0.1) is 0 Å². The van der Waals surface area contributed by atoms with Gasteiger partial charge in [0.05, 0.1) is 0 Å². The third kappa shape index (κ3) is 1.49. The zero-order valence-electron chi connectivity index (χ0n) is 7.76. The lowest BCUT2D eigenvalue weighted by Crippen LogP contribution is -1.84. The second-order valence-corrected chi connectivity index (χ2v) is 4.93. The minimum Gasteiger partial charge on any atom is -0.351 e. The molecular weight excluding hydrogens is 313 g/mol. The minimum absolute atomic E-state index is 0.151. The smallest absolute Gasteiger partial charge is 0.224 e. The molecule has 1 aromatic carbocycles. The topological polar surface area (TPSA) is 41.6 Å². The van der Waals surface area contributed by atoms with E-state index in [0.717, 1.165) is 20.9 Å². The third-order valence-electron chi connectivity index (χ3n) is 2.33. The van der Waals surface area contributed by atoms with Crippen molar-refractivity contribution in [2.75, 3.05) is 0 Å². The molecule has 0 aliphatic rings. The highest BCUT2D eigenvalue weighted by atomic mass is 79.9. The Morgan fingerprint density at radius 2 is 2.00 bits per heavy atom. The van der Waals surface area contributed by atoms with Crippen LogP contribution in [0.25, 0.3) is 21.9 Å². The second-order valence-electron chi connectivity index (χ2n) is 3.32. The van der Waals surface area contributed by atoms with Gasteiger partial charge in [-0.25, -0.2) is 9.97 Å². The minimum atomic E-state index is 0.151. The number of H-pyrrole nitrogens is 1. The molecule has 16 heavy (non-hydrogen) atoms. The van der Waals surface area contributed by atoms with E-state index in [1.807, 2.05) is 18.2 Å². The number of hydrogen-bond acceptors (Lipinski definition) is 2. The van der Waals surface area contributed by atoms with E-state index >= 15 is 0 Å². The van der Waals surface area contributed by atoms with E-state index in [4.69, 9.17) is 23.2 Å². The van der Waals surface area contributed by atoms with Crippen LogP contribution in [0.3, 0.4) is 0 Å². The summed E-state index contributed by atoms with van der Waals surface area (Å²) in [5, 5.41) is 1.45. The molecule has 0 aliphatic carbocycles. The summed E-state index contributed by atoms with van der Waals surface area (Å²) in [6.07, 6.45) is 0. The maximum absolute atomic E-state index is 6.00. The first-order valence-electron chi connectivity index (χ1n) is 4.45. The van der Waals surface area contributed by atoms with Gasteiger partial charge >= 0.3 is 0 Å². The molecule has 3 nitrogen and oxygen atoms in total. The Morgan fingerprint density at radius 1 is 1.19 bits per heavy atom. The molecule has 0 aliphatic heterocycles. The lowest BCUT2D eigenvalue weighted by Gasteiger charge is -1.94. The van der Waals surface area contributed by atoms with E-state index in [0.29, 0.717) is 10.7 Å². The van der Waals surface area contributed by atoms with E-state index < -0.39 is 0 Å². The molecule has 1 N–H and O–H groups in total. The Kier molecular flexibility index (Phi) is 2.31. The Morgan fingerprint density at radius 3 is 2.81 bits per heavy atom. The highest BCUT2D eigenvalue weighted by Crippen LogP contribution is 2.30. The first kappa shape index (κ1) is 10.3. The second kappa shape index (κ2) is 3.58. The summed E-state index contributed by atoms with van der Waals surface area (Å²) in [7, 11) is 0. The molecule has 3 aromatic rings. The van der Waals surface area contributed by atoms with Gasteiger partial charge in [-0.1, -0.05) is 27.5 Å². The normalized spacial score (nSPS) is 11.4. The lowest BCUT2D eigenvalue weighted by atomic mass is 10.2. The summed E-state index contributed by atoms with van der Waals surface area (Å²) in [5.74, 6) is 0. The van der Waals surface area contributed by atoms with Crippen LogP contribution in [0.1, 0.15) is 0 Å². The van der Waals surface area contributed by atoms with Crippen LogP contribution in [-0.4, -0.2) is 15.0 Å². The van der Waals surface area contributed by atoms with Crippen molar-refractivity contribution in [1.82, 2.24) is 15.0 Å². The third-order valence-corrected chi connectivity index (χ3v) is 3.27. The van der Waals surface area contributed by atoms with Gasteiger partial charge in [-0.15, -0.1) is 0 Å². The molecule has 0 amide bonds. The number of fused-ring (bicyclic) bond motifs is 3. The van der Waals surface area contributed by atoms with Crippen LogP contribution >= 0.6 is 39.1 Å². The highest BCUT2D eigenvalue weighted by Gasteiger charge is 2.11. The maximum atomic E-state index is 6.00. The molecule has 0 spiro atoms. The quantitative estimate of drug-likeness (QED) is 0.499. The molecule has 0 radical (unpaired) electrons. The van der Waals surface area contributed by atoms with E-state index in [9.17, 15) is 0 Å². The van der Waals surface area contributed by atoms with Crippen LogP contribution in [-0.2, 0) is 0 Å². The van der Waals surface area contributed by atoms with E-state index in [1.54, 1.807) is 0 Å². The fraction of sp³-hybridized carbons (Fsp3) is 0. The molecule has 0 fully saturated rings. The lowest BCUT2D eigenvalue weighted by molar-refractivity contribution is 1.22. The van der Waals surface area contributed by atoms with E-state index in [1.165, 1.54) is 0 Å². The molecule has 3 rings (SSSR count). The molecule has 0 saturated heterocycles. The molecule has 0 unspecified atom stereocenters. The fourth-order valence-electron chi connectivity index (χ4n) is 1.67. The maximum Gasteiger partial charge on any atom is 0.224 e. The molecule has 6 heteroatoms. The van der Waals surface area contributed by atoms with E-state index in [2.05, 4.69) is 30.9 Å². The molecule has 0 saturated carbocycles. The summed E-state index contributed by atoms with van der Waals surface area (Å²) >= 11 is 15.2.